The predicted octanol–water partition coefficient (Wildman–Crippen LogP) is 5.01. The molecule has 0 aromatic heterocycles. The van der Waals surface area contributed by atoms with Gasteiger partial charge >= 0.3 is 6.09 Å². The Labute approximate surface area is 149 Å². The number of benzene rings is 2. The van der Waals surface area contributed by atoms with Gasteiger partial charge in [-0.2, -0.15) is 0 Å². The van der Waals surface area contributed by atoms with E-state index >= 15 is 0 Å². The van der Waals surface area contributed by atoms with Crippen LogP contribution in [-0.2, 0) is 4.74 Å². The monoisotopic (exact) mass is 338 g/mol. The first-order valence-electron chi connectivity index (χ1n) is 8.79. The summed E-state index contributed by atoms with van der Waals surface area (Å²) in [5.41, 5.74) is 9.62. The van der Waals surface area contributed by atoms with Gasteiger partial charge in [0, 0.05) is 17.8 Å². The van der Waals surface area contributed by atoms with E-state index in [-0.39, 0.29) is 12.1 Å². The first kappa shape index (κ1) is 17.3. The quantitative estimate of drug-likeness (QED) is 0.783. The summed E-state index contributed by atoms with van der Waals surface area (Å²) in [7, 11) is 0. The van der Waals surface area contributed by atoms with Crippen LogP contribution in [0.2, 0.25) is 0 Å². The third-order valence-corrected chi connectivity index (χ3v) is 4.45. The molecular weight excluding hydrogens is 312 g/mol. The molecule has 1 aliphatic rings. The Morgan fingerprint density at radius 3 is 2.44 bits per heavy atom. The van der Waals surface area contributed by atoms with E-state index in [0.717, 1.165) is 41.8 Å². The second kappa shape index (κ2) is 6.79. The molecule has 1 fully saturated rings. The van der Waals surface area contributed by atoms with Crippen LogP contribution in [0.4, 0.5) is 10.5 Å². The van der Waals surface area contributed by atoms with Gasteiger partial charge in [0.05, 0.1) is 6.04 Å². The lowest BCUT2D eigenvalue weighted by molar-refractivity contribution is 0.0224. The van der Waals surface area contributed by atoms with E-state index in [1.165, 1.54) is 0 Å². The molecule has 0 radical (unpaired) electrons. The standard InChI is InChI=1S/C21H26N2O2/c1-21(2,3)25-20(24)23-14-6-9-19(23)16-12-10-15(11-13-16)17-7-4-5-8-18(17)22/h4-5,7-8,10-13,19H,6,9,14,22H2,1-3H3. The minimum Gasteiger partial charge on any atom is -0.444 e. The highest BCUT2D eigenvalue weighted by Gasteiger charge is 2.33. The number of carbonyl (C=O) groups excluding carboxylic acids is 1. The summed E-state index contributed by atoms with van der Waals surface area (Å²) >= 11 is 0. The summed E-state index contributed by atoms with van der Waals surface area (Å²) in [4.78, 5) is 14.3. The third kappa shape index (κ3) is 3.95. The van der Waals surface area contributed by atoms with Crippen molar-refractivity contribution < 1.29 is 9.53 Å². The van der Waals surface area contributed by atoms with Crippen molar-refractivity contribution in [3.8, 4) is 11.1 Å². The molecule has 25 heavy (non-hydrogen) atoms. The van der Waals surface area contributed by atoms with Gasteiger partial charge in [-0.05, 0) is 50.8 Å². The van der Waals surface area contributed by atoms with Crippen LogP contribution in [0.3, 0.4) is 0 Å². The van der Waals surface area contributed by atoms with Crippen molar-refractivity contribution in [1.29, 1.82) is 0 Å². The highest BCUT2D eigenvalue weighted by atomic mass is 16.6. The molecule has 0 saturated carbocycles. The van der Waals surface area contributed by atoms with Crippen LogP contribution in [0.15, 0.2) is 48.5 Å². The topological polar surface area (TPSA) is 55.6 Å². The molecule has 2 aromatic carbocycles. The van der Waals surface area contributed by atoms with Gasteiger partial charge in [0.1, 0.15) is 5.60 Å². The first-order chi connectivity index (χ1) is 11.8. The zero-order valence-corrected chi connectivity index (χ0v) is 15.2. The number of nitrogen functional groups attached to an aromatic ring is 1. The van der Waals surface area contributed by atoms with E-state index < -0.39 is 5.60 Å². The molecule has 1 atom stereocenters. The molecule has 2 N–H and O–H groups in total. The Hall–Kier alpha value is -2.49. The Bertz CT molecular complexity index is 747. The smallest absolute Gasteiger partial charge is 0.410 e. The molecule has 132 valence electrons. The normalized spacial score (nSPS) is 17.6. The Morgan fingerprint density at radius 2 is 1.80 bits per heavy atom. The van der Waals surface area contributed by atoms with Crippen LogP contribution in [0.25, 0.3) is 11.1 Å². The van der Waals surface area contributed by atoms with Crippen molar-refractivity contribution in [2.24, 2.45) is 0 Å². The minimum absolute atomic E-state index is 0.0806. The lowest BCUT2D eigenvalue weighted by Gasteiger charge is -2.29. The zero-order valence-electron chi connectivity index (χ0n) is 15.2. The number of amides is 1. The fourth-order valence-electron chi connectivity index (χ4n) is 3.30. The number of rotatable bonds is 2. The van der Waals surface area contributed by atoms with E-state index in [2.05, 4.69) is 24.3 Å². The SMILES string of the molecule is CC(C)(C)OC(=O)N1CCCC1c1ccc(-c2ccccc2N)cc1. The van der Waals surface area contributed by atoms with Gasteiger partial charge in [0.25, 0.3) is 0 Å². The van der Waals surface area contributed by atoms with Gasteiger partial charge in [0.15, 0.2) is 0 Å². The molecule has 4 nitrogen and oxygen atoms in total. The van der Waals surface area contributed by atoms with Gasteiger partial charge in [-0.1, -0.05) is 42.5 Å². The summed E-state index contributed by atoms with van der Waals surface area (Å²) in [5, 5.41) is 0. The number of hydrogen-bond donors (Lipinski definition) is 1. The summed E-state index contributed by atoms with van der Waals surface area (Å²) < 4.78 is 5.55. The fourth-order valence-corrected chi connectivity index (χ4v) is 3.30. The maximum Gasteiger partial charge on any atom is 0.410 e. The molecule has 1 unspecified atom stereocenters. The Kier molecular flexibility index (Phi) is 4.71. The molecule has 4 heteroatoms. The second-order valence-corrected chi connectivity index (χ2v) is 7.54. The number of carbonyl (C=O) groups is 1. The second-order valence-electron chi connectivity index (χ2n) is 7.54. The average molecular weight is 338 g/mol. The van der Waals surface area contributed by atoms with Gasteiger partial charge in [-0.3, -0.25) is 0 Å². The molecular formula is C21H26N2O2. The minimum atomic E-state index is -0.473. The van der Waals surface area contributed by atoms with E-state index in [1.807, 2.05) is 49.9 Å². The number of nitrogens with two attached hydrogens (primary N) is 1. The van der Waals surface area contributed by atoms with Crippen LogP contribution >= 0.6 is 0 Å². The van der Waals surface area contributed by atoms with E-state index in [4.69, 9.17) is 10.5 Å². The molecule has 0 spiro atoms. The number of ether oxygens (including phenoxy) is 1. The van der Waals surface area contributed by atoms with E-state index in [1.54, 1.807) is 0 Å². The van der Waals surface area contributed by atoms with Crippen LogP contribution in [0.5, 0.6) is 0 Å². The van der Waals surface area contributed by atoms with Crippen LogP contribution < -0.4 is 5.73 Å². The summed E-state index contributed by atoms with van der Waals surface area (Å²) in [6, 6.07) is 16.3. The van der Waals surface area contributed by atoms with Gasteiger partial charge in [0.2, 0.25) is 0 Å². The molecule has 3 rings (SSSR count). The van der Waals surface area contributed by atoms with Crippen molar-refractivity contribution in [3.05, 3.63) is 54.1 Å². The van der Waals surface area contributed by atoms with Crippen molar-refractivity contribution in [2.45, 2.75) is 45.3 Å². The summed E-state index contributed by atoms with van der Waals surface area (Å²) in [5.74, 6) is 0. The number of para-hydroxylation sites is 1. The Balaban J connectivity index is 1.79. The molecule has 0 bridgehead atoms. The van der Waals surface area contributed by atoms with Gasteiger partial charge in [-0.25, -0.2) is 4.79 Å². The predicted molar refractivity (Wildman–Crippen MR) is 101 cm³/mol. The lowest BCUT2D eigenvalue weighted by Crippen LogP contribution is -2.36. The first-order valence-corrected chi connectivity index (χ1v) is 8.79. The molecule has 1 amide bonds. The molecule has 0 aliphatic carbocycles. The van der Waals surface area contributed by atoms with Gasteiger partial charge in [-0.15, -0.1) is 0 Å². The van der Waals surface area contributed by atoms with Crippen LogP contribution in [0.1, 0.15) is 45.2 Å². The third-order valence-electron chi connectivity index (χ3n) is 4.45. The number of nitrogens with zero attached hydrogens (tertiary/aromatic N) is 1. The molecule has 1 aliphatic heterocycles. The van der Waals surface area contributed by atoms with E-state index in [0.29, 0.717) is 0 Å². The lowest BCUT2D eigenvalue weighted by atomic mass is 9.99. The molecule has 1 heterocycles. The largest absolute Gasteiger partial charge is 0.444 e. The maximum absolute atomic E-state index is 12.5. The van der Waals surface area contributed by atoms with Crippen molar-refractivity contribution in [2.75, 3.05) is 12.3 Å². The fraction of sp³-hybridized carbons (Fsp3) is 0.381. The van der Waals surface area contributed by atoms with Crippen LogP contribution in [-0.4, -0.2) is 23.1 Å². The summed E-state index contributed by atoms with van der Waals surface area (Å²) in [6.45, 7) is 6.44. The number of anilines is 1. The van der Waals surface area contributed by atoms with Crippen LogP contribution in [0, 0.1) is 0 Å². The number of hydrogen-bond acceptors (Lipinski definition) is 3. The summed E-state index contributed by atoms with van der Waals surface area (Å²) in [6.07, 6.45) is 1.73. The average Bonchev–Trinajstić information content (AvgIpc) is 3.04. The maximum atomic E-state index is 12.5. The van der Waals surface area contributed by atoms with Crippen molar-refractivity contribution in [3.63, 3.8) is 0 Å². The highest BCUT2D eigenvalue weighted by molar-refractivity contribution is 5.76. The Morgan fingerprint density at radius 1 is 1.12 bits per heavy atom. The van der Waals surface area contributed by atoms with Crippen molar-refractivity contribution >= 4 is 11.8 Å². The molecule has 2 aromatic rings. The number of likely N-dealkylation sites (tertiary alicyclic amines) is 1. The highest BCUT2D eigenvalue weighted by Crippen LogP contribution is 2.34. The van der Waals surface area contributed by atoms with E-state index in [9.17, 15) is 4.79 Å². The molecule has 1 saturated heterocycles. The van der Waals surface area contributed by atoms with Crippen molar-refractivity contribution in [1.82, 2.24) is 4.90 Å². The zero-order chi connectivity index (χ0) is 18.0. The van der Waals surface area contributed by atoms with Gasteiger partial charge < -0.3 is 15.4 Å².